The number of hydrogen-bond donors (Lipinski definition) is 0. The fourth-order valence-electron chi connectivity index (χ4n) is 3.63. The molecule has 0 saturated carbocycles. The average molecular weight is 376 g/mol. The van der Waals surface area contributed by atoms with Crippen molar-refractivity contribution in [3.63, 3.8) is 0 Å². The molecule has 2 aromatic heterocycles. The van der Waals surface area contributed by atoms with Gasteiger partial charge in [-0.15, -0.1) is 0 Å². The number of nitrogens with zero attached hydrogens (tertiary/aromatic N) is 2. The minimum Gasteiger partial charge on any atom is -0.497 e. The van der Waals surface area contributed by atoms with Crippen LogP contribution in [0.5, 0.6) is 5.75 Å². The molecule has 28 heavy (non-hydrogen) atoms. The number of halogens is 1. The molecule has 0 atom stereocenters. The van der Waals surface area contributed by atoms with Crippen LogP contribution >= 0.6 is 0 Å². The Bertz CT molecular complexity index is 1150. The normalized spacial score (nSPS) is 12.5. The summed E-state index contributed by atoms with van der Waals surface area (Å²) < 4.78 is 30.7. The number of methoxy groups -OCH3 is 1. The number of fused-ring (bicyclic) bond motifs is 3. The SMILES string of the molecule is COc1ccc2c(c1)CCc1nc(-c3noc(-c4ccccc4)c3CF)oc1-2. The molecule has 0 unspecified atom stereocenters. The zero-order valence-corrected chi connectivity index (χ0v) is 15.2. The van der Waals surface area contributed by atoms with Gasteiger partial charge in [0.15, 0.2) is 17.2 Å². The Morgan fingerprint density at radius 2 is 1.93 bits per heavy atom. The molecule has 5 nitrogen and oxygen atoms in total. The number of hydrogen-bond acceptors (Lipinski definition) is 5. The first-order chi connectivity index (χ1) is 13.8. The molecule has 0 fully saturated rings. The molecule has 6 heteroatoms. The molecular formula is C22H17FN2O3. The Morgan fingerprint density at radius 1 is 1.07 bits per heavy atom. The maximum Gasteiger partial charge on any atom is 0.249 e. The van der Waals surface area contributed by atoms with E-state index >= 15 is 0 Å². The van der Waals surface area contributed by atoms with Gasteiger partial charge < -0.3 is 13.7 Å². The molecule has 2 aromatic carbocycles. The van der Waals surface area contributed by atoms with Gasteiger partial charge in [-0.05, 0) is 36.6 Å². The number of benzene rings is 2. The highest BCUT2D eigenvalue weighted by Crippen LogP contribution is 2.40. The van der Waals surface area contributed by atoms with E-state index in [1.54, 1.807) is 7.11 Å². The van der Waals surface area contributed by atoms with E-state index in [1.807, 2.05) is 48.5 Å². The third-order valence-electron chi connectivity index (χ3n) is 5.05. The summed E-state index contributed by atoms with van der Waals surface area (Å²) in [5, 5.41) is 4.07. The smallest absolute Gasteiger partial charge is 0.249 e. The lowest BCUT2D eigenvalue weighted by Crippen LogP contribution is -2.03. The van der Waals surface area contributed by atoms with Crippen molar-refractivity contribution in [2.24, 2.45) is 0 Å². The Balaban J connectivity index is 1.59. The second kappa shape index (κ2) is 6.64. The predicted molar refractivity (Wildman–Crippen MR) is 102 cm³/mol. The first kappa shape index (κ1) is 16.7. The van der Waals surface area contributed by atoms with Crippen LogP contribution in [0.3, 0.4) is 0 Å². The highest BCUT2D eigenvalue weighted by Gasteiger charge is 2.27. The molecule has 0 spiro atoms. The Kier molecular flexibility index (Phi) is 3.97. The van der Waals surface area contributed by atoms with Gasteiger partial charge in [-0.2, -0.15) is 0 Å². The molecule has 1 aliphatic rings. The van der Waals surface area contributed by atoms with Crippen LogP contribution in [0, 0.1) is 0 Å². The van der Waals surface area contributed by atoms with Gasteiger partial charge in [-0.25, -0.2) is 9.37 Å². The lowest BCUT2D eigenvalue weighted by Gasteiger charge is -2.14. The monoisotopic (exact) mass is 376 g/mol. The zero-order valence-electron chi connectivity index (χ0n) is 15.2. The molecular weight excluding hydrogens is 359 g/mol. The largest absolute Gasteiger partial charge is 0.497 e. The van der Waals surface area contributed by atoms with Crippen LogP contribution in [0.1, 0.15) is 16.8 Å². The Labute approximate surface area is 160 Å². The third-order valence-corrected chi connectivity index (χ3v) is 5.05. The fourth-order valence-corrected chi connectivity index (χ4v) is 3.63. The highest BCUT2D eigenvalue weighted by molar-refractivity contribution is 5.72. The first-order valence-electron chi connectivity index (χ1n) is 9.05. The zero-order chi connectivity index (χ0) is 19.1. The van der Waals surface area contributed by atoms with Crippen molar-refractivity contribution >= 4 is 0 Å². The van der Waals surface area contributed by atoms with Crippen LogP contribution in [0.2, 0.25) is 0 Å². The van der Waals surface area contributed by atoms with Crippen molar-refractivity contribution in [1.29, 1.82) is 0 Å². The number of alkyl halides is 1. The van der Waals surface area contributed by atoms with Crippen molar-refractivity contribution < 1.29 is 18.1 Å². The Hall–Kier alpha value is -3.41. The predicted octanol–water partition coefficient (Wildman–Crippen LogP) is 5.24. The molecule has 140 valence electrons. The summed E-state index contributed by atoms with van der Waals surface area (Å²) in [6.45, 7) is -0.718. The molecule has 2 heterocycles. The van der Waals surface area contributed by atoms with Crippen LogP contribution in [0.15, 0.2) is 57.5 Å². The van der Waals surface area contributed by atoms with Gasteiger partial charge in [-0.1, -0.05) is 35.5 Å². The van der Waals surface area contributed by atoms with Gasteiger partial charge in [0, 0.05) is 11.1 Å². The number of aryl methyl sites for hydroxylation is 2. The number of ether oxygens (including phenoxy) is 1. The van der Waals surface area contributed by atoms with Crippen LogP contribution < -0.4 is 4.74 Å². The molecule has 0 N–H and O–H groups in total. The summed E-state index contributed by atoms with van der Waals surface area (Å²) in [6, 6.07) is 15.2. The molecule has 1 aliphatic carbocycles. The lowest BCUT2D eigenvalue weighted by molar-refractivity contribution is 0.414. The maximum absolute atomic E-state index is 13.9. The van der Waals surface area contributed by atoms with Gasteiger partial charge >= 0.3 is 0 Å². The molecule has 0 amide bonds. The van der Waals surface area contributed by atoms with Crippen molar-refractivity contribution in [1.82, 2.24) is 10.1 Å². The topological polar surface area (TPSA) is 61.3 Å². The summed E-state index contributed by atoms with van der Waals surface area (Å²) in [7, 11) is 1.65. The van der Waals surface area contributed by atoms with E-state index in [0.717, 1.165) is 41.0 Å². The van der Waals surface area contributed by atoms with E-state index in [-0.39, 0.29) is 5.89 Å². The van der Waals surface area contributed by atoms with Crippen molar-refractivity contribution in [3.05, 3.63) is 65.4 Å². The van der Waals surface area contributed by atoms with Crippen LogP contribution in [0.4, 0.5) is 4.39 Å². The van der Waals surface area contributed by atoms with E-state index in [2.05, 4.69) is 10.1 Å². The summed E-state index contributed by atoms with van der Waals surface area (Å²) >= 11 is 0. The third kappa shape index (κ3) is 2.60. The van der Waals surface area contributed by atoms with E-state index in [0.29, 0.717) is 22.8 Å². The second-order valence-corrected chi connectivity index (χ2v) is 6.66. The first-order valence-corrected chi connectivity index (χ1v) is 9.05. The van der Waals surface area contributed by atoms with Crippen molar-refractivity contribution in [3.8, 4) is 40.0 Å². The number of aromatic nitrogens is 2. The van der Waals surface area contributed by atoms with Crippen molar-refractivity contribution in [2.75, 3.05) is 7.11 Å². The minimum absolute atomic E-state index is 0.284. The van der Waals surface area contributed by atoms with Crippen LogP contribution in [-0.2, 0) is 19.5 Å². The molecule has 4 aromatic rings. The second-order valence-electron chi connectivity index (χ2n) is 6.66. The van der Waals surface area contributed by atoms with E-state index < -0.39 is 6.67 Å². The highest BCUT2D eigenvalue weighted by atomic mass is 19.1. The van der Waals surface area contributed by atoms with Gasteiger partial charge in [-0.3, -0.25) is 0 Å². The summed E-state index contributed by atoms with van der Waals surface area (Å²) in [6.07, 6.45) is 1.59. The quantitative estimate of drug-likeness (QED) is 0.487. The van der Waals surface area contributed by atoms with Gasteiger partial charge in [0.05, 0.1) is 18.4 Å². The molecule has 0 saturated heterocycles. The van der Waals surface area contributed by atoms with Gasteiger partial charge in [0.25, 0.3) is 0 Å². The van der Waals surface area contributed by atoms with Crippen LogP contribution in [-0.4, -0.2) is 17.3 Å². The standard InChI is InChI=1S/C22H17FN2O3/c1-26-15-8-9-16-14(11-15)7-10-18-21(16)27-22(24-18)19-17(12-23)20(28-25-19)13-5-3-2-4-6-13/h2-6,8-9,11H,7,10,12H2,1H3. The Morgan fingerprint density at radius 3 is 2.71 bits per heavy atom. The minimum atomic E-state index is -0.718. The van der Waals surface area contributed by atoms with E-state index in [1.165, 1.54) is 0 Å². The van der Waals surface area contributed by atoms with Crippen LogP contribution in [0.25, 0.3) is 34.2 Å². The number of rotatable bonds is 4. The maximum atomic E-state index is 13.9. The molecule has 0 radical (unpaired) electrons. The molecule has 0 bridgehead atoms. The van der Waals surface area contributed by atoms with E-state index in [9.17, 15) is 4.39 Å². The average Bonchev–Trinajstić information content (AvgIpc) is 3.37. The van der Waals surface area contributed by atoms with Gasteiger partial charge in [0.2, 0.25) is 5.89 Å². The van der Waals surface area contributed by atoms with E-state index in [4.69, 9.17) is 13.7 Å². The number of oxazole rings is 1. The molecule has 0 aliphatic heterocycles. The summed E-state index contributed by atoms with van der Waals surface area (Å²) in [4.78, 5) is 4.59. The van der Waals surface area contributed by atoms with Gasteiger partial charge in [0.1, 0.15) is 12.4 Å². The van der Waals surface area contributed by atoms with Crippen molar-refractivity contribution in [2.45, 2.75) is 19.5 Å². The summed E-state index contributed by atoms with van der Waals surface area (Å²) in [5.74, 6) is 2.20. The lowest BCUT2D eigenvalue weighted by atomic mass is 9.93. The summed E-state index contributed by atoms with van der Waals surface area (Å²) in [5.41, 5.74) is 4.40. The molecule has 5 rings (SSSR count). The fraction of sp³-hybridized carbons (Fsp3) is 0.182.